The van der Waals surface area contributed by atoms with E-state index in [4.69, 9.17) is 21.1 Å². The van der Waals surface area contributed by atoms with Crippen LogP contribution in [0.3, 0.4) is 0 Å². The highest BCUT2D eigenvalue weighted by Gasteiger charge is 2.00. The normalized spacial score (nSPS) is 11.5. The van der Waals surface area contributed by atoms with Gasteiger partial charge in [0.15, 0.2) is 5.96 Å². The molecule has 0 aromatic heterocycles. The van der Waals surface area contributed by atoms with E-state index in [1.807, 2.05) is 31.2 Å². The molecule has 124 valence electrons. The molecule has 0 amide bonds. The predicted octanol–water partition coefficient (Wildman–Crippen LogP) is 2.45. The molecular formula is C16H26ClN3O2. The monoisotopic (exact) mass is 327 g/mol. The highest BCUT2D eigenvalue weighted by atomic mass is 35.5. The Labute approximate surface area is 138 Å². The van der Waals surface area contributed by atoms with Gasteiger partial charge in [0.2, 0.25) is 0 Å². The summed E-state index contributed by atoms with van der Waals surface area (Å²) in [5.74, 6) is 0.791. The Morgan fingerprint density at radius 2 is 2.00 bits per heavy atom. The third kappa shape index (κ3) is 8.22. The summed E-state index contributed by atoms with van der Waals surface area (Å²) in [6.45, 7) is 6.20. The van der Waals surface area contributed by atoms with E-state index in [1.165, 1.54) is 0 Å². The van der Waals surface area contributed by atoms with E-state index < -0.39 is 0 Å². The van der Waals surface area contributed by atoms with Crippen molar-refractivity contribution in [2.45, 2.75) is 19.9 Å². The molecule has 22 heavy (non-hydrogen) atoms. The number of methoxy groups -OCH3 is 1. The second-order valence-corrected chi connectivity index (χ2v) is 5.08. The van der Waals surface area contributed by atoms with Gasteiger partial charge in [0.25, 0.3) is 0 Å². The van der Waals surface area contributed by atoms with Crippen LogP contribution in [-0.2, 0) is 16.0 Å². The van der Waals surface area contributed by atoms with Crippen molar-refractivity contribution in [3.8, 4) is 0 Å². The highest BCUT2D eigenvalue weighted by Crippen LogP contribution is 2.15. The third-order valence-electron chi connectivity index (χ3n) is 2.90. The summed E-state index contributed by atoms with van der Waals surface area (Å²) < 4.78 is 10.3. The van der Waals surface area contributed by atoms with Crippen LogP contribution >= 0.6 is 11.6 Å². The van der Waals surface area contributed by atoms with Crippen LogP contribution in [-0.4, -0.2) is 46.0 Å². The van der Waals surface area contributed by atoms with Gasteiger partial charge in [-0.15, -0.1) is 0 Å². The van der Waals surface area contributed by atoms with Gasteiger partial charge in [-0.3, -0.25) is 0 Å². The molecule has 5 nitrogen and oxygen atoms in total. The molecule has 0 heterocycles. The van der Waals surface area contributed by atoms with Crippen molar-refractivity contribution in [1.82, 2.24) is 10.6 Å². The Bertz CT molecular complexity index is 441. The summed E-state index contributed by atoms with van der Waals surface area (Å²) in [6.07, 6.45) is 0.917. The fourth-order valence-electron chi connectivity index (χ4n) is 1.76. The molecule has 0 fully saturated rings. The molecule has 0 bridgehead atoms. The van der Waals surface area contributed by atoms with Crippen molar-refractivity contribution in [2.24, 2.45) is 4.99 Å². The molecule has 0 aliphatic rings. The van der Waals surface area contributed by atoms with Gasteiger partial charge in [0, 0.05) is 31.8 Å². The minimum Gasteiger partial charge on any atom is -0.382 e. The summed E-state index contributed by atoms with van der Waals surface area (Å²) in [5, 5.41) is 7.25. The first kappa shape index (κ1) is 18.7. The van der Waals surface area contributed by atoms with Crippen LogP contribution in [0.15, 0.2) is 29.3 Å². The summed E-state index contributed by atoms with van der Waals surface area (Å²) in [7, 11) is 1.67. The van der Waals surface area contributed by atoms with Gasteiger partial charge >= 0.3 is 0 Å². The summed E-state index contributed by atoms with van der Waals surface area (Å²) >= 11 is 6.14. The largest absolute Gasteiger partial charge is 0.382 e. The van der Waals surface area contributed by atoms with Gasteiger partial charge in [-0.25, -0.2) is 4.99 Å². The average Bonchev–Trinajstić information content (AvgIpc) is 2.53. The molecule has 0 spiro atoms. The third-order valence-corrected chi connectivity index (χ3v) is 3.27. The number of guanidine groups is 1. The molecule has 1 aromatic rings. The van der Waals surface area contributed by atoms with E-state index in [9.17, 15) is 0 Å². The van der Waals surface area contributed by atoms with Gasteiger partial charge < -0.3 is 20.1 Å². The molecule has 0 saturated heterocycles. The lowest BCUT2D eigenvalue weighted by Gasteiger charge is -2.11. The second-order valence-electron chi connectivity index (χ2n) is 4.67. The Hall–Kier alpha value is -1.30. The topological polar surface area (TPSA) is 54.9 Å². The standard InChI is InChI=1S/C16H26ClN3O2/c1-3-18-16(19-9-6-10-22-12-11-21-2)20-13-14-7-4-5-8-15(14)17/h4-5,7-8H,3,6,9-13H2,1-2H3,(H2,18,19,20). The number of rotatable bonds is 10. The number of hydrogen-bond donors (Lipinski definition) is 2. The fourth-order valence-corrected chi connectivity index (χ4v) is 1.95. The molecule has 6 heteroatoms. The lowest BCUT2D eigenvalue weighted by Crippen LogP contribution is -2.38. The zero-order valence-electron chi connectivity index (χ0n) is 13.4. The van der Waals surface area contributed by atoms with E-state index in [0.717, 1.165) is 36.1 Å². The highest BCUT2D eigenvalue weighted by molar-refractivity contribution is 6.31. The van der Waals surface area contributed by atoms with E-state index in [2.05, 4.69) is 15.6 Å². The molecule has 0 saturated carbocycles. The van der Waals surface area contributed by atoms with Crippen molar-refractivity contribution < 1.29 is 9.47 Å². The lowest BCUT2D eigenvalue weighted by atomic mass is 10.2. The molecule has 0 aliphatic carbocycles. The van der Waals surface area contributed by atoms with Crippen molar-refractivity contribution in [3.63, 3.8) is 0 Å². The van der Waals surface area contributed by atoms with Gasteiger partial charge in [0.05, 0.1) is 19.8 Å². The van der Waals surface area contributed by atoms with E-state index in [1.54, 1.807) is 7.11 Å². The molecule has 0 unspecified atom stereocenters. The van der Waals surface area contributed by atoms with Crippen LogP contribution in [0.4, 0.5) is 0 Å². The SMILES string of the molecule is CCNC(=NCc1ccccc1Cl)NCCCOCCOC. The first-order valence-corrected chi connectivity index (χ1v) is 7.98. The maximum atomic E-state index is 6.14. The van der Waals surface area contributed by atoms with Crippen molar-refractivity contribution in [1.29, 1.82) is 0 Å². The van der Waals surface area contributed by atoms with Crippen LogP contribution in [0.25, 0.3) is 0 Å². The van der Waals surface area contributed by atoms with Crippen LogP contribution in [0.5, 0.6) is 0 Å². The zero-order chi connectivity index (χ0) is 16.0. The zero-order valence-corrected chi connectivity index (χ0v) is 14.2. The maximum absolute atomic E-state index is 6.14. The Morgan fingerprint density at radius 1 is 1.18 bits per heavy atom. The number of nitrogens with zero attached hydrogens (tertiary/aromatic N) is 1. The second kappa shape index (κ2) is 12.3. The average molecular weight is 328 g/mol. The van der Waals surface area contributed by atoms with Crippen molar-refractivity contribution in [3.05, 3.63) is 34.9 Å². The molecule has 0 atom stereocenters. The van der Waals surface area contributed by atoms with Gasteiger partial charge in [-0.2, -0.15) is 0 Å². The Morgan fingerprint density at radius 3 is 2.73 bits per heavy atom. The Balaban J connectivity index is 2.32. The Kier molecular flexibility index (Phi) is 10.5. The molecule has 1 aromatic carbocycles. The van der Waals surface area contributed by atoms with Crippen LogP contribution in [0, 0.1) is 0 Å². The summed E-state index contributed by atoms with van der Waals surface area (Å²) in [4.78, 5) is 4.54. The first-order chi connectivity index (χ1) is 10.8. The number of benzene rings is 1. The van der Waals surface area contributed by atoms with Crippen molar-refractivity contribution >= 4 is 17.6 Å². The number of halogens is 1. The fraction of sp³-hybridized carbons (Fsp3) is 0.562. The van der Waals surface area contributed by atoms with Crippen LogP contribution < -0.4 is 10.6 Å². The number of nitrogens with one attached hydrogen (secondary N) is 2. The van der Waals surface area contributed by atoms with Gasteiger partial charge in [-0.1, -0.05) is 29.8 Å². The van der Waals surface area contributed by atoms with E-state index in [-0.39, 0.29) is 0 Å². The van der Waals surface area contributed by atoms with Crippen LogP contribution in [0.2, 0.25) is 5.02 Å². The minimum absolute atomic E-state index is 0.555. The molecule has 2 N–H and O–H groups in total. The number of hydrogen-bond acceptors (Lipinski definition) is 3. The molecule has 0 radical (unpaired) electrons. The summed E-state index contributed by atoms with van der Waals surface area (Å²) in [5.41, 5.74) is 1.02. The minimum atomic E-state index is 0.555. The van der Waals surface area contributed by atoms with E-state index in [0.29, 0.717) is 26.4 Å². The van der Waals surface area contributed by atoms with Crippen LogP contribution in [0.1, 0.15) is 18.9 Å². The number of aliphatic imine (C=N–C) groups is 1. The maximum Gasteiger partial charge on any atom is 0.191 e. The van der Waals surface area contributed by atoms with Gasteiger partial charge in [-0.05, 0) is 25.0 Å². The van der Waals surface area contributed by atoms with E-state index >= 15 is 0 Å². The first-order valence-electron chi connectivity index (χ1n) is 7.60. The van der Waals surface area contributed by atoms with Gasteiger partial charge in [0.1, 0.15) is 0 Å². The predicted molar refractivity (Wildman–Crippen MR) is 91.6 cm³/mol. The summed E-state index contributed by atoms with van der Waals surface area (Å²) in [6, 6.07) is 7.75. The number of ether oxygens (including phenoxy) is 2. The van der Waals surface area contributed by atoms with Crippen molar-refractivity contribution in [2.75, 3.05) is 40.0 Å². The smallest absolute Gasteiger partial charge is 0.191 e. The molecule has 0 aliphatic heterocycles. The lowest BCUT2D eigenvalue weighted by molar-refractivity contribution is 0.0698. The quantitative estimate of drug-likeness (QED) is 0.394. The molecular weight excluding hydrogens is 302 g/mol. The molecule has 1 rings (SSSR count).